The highest BCUT2D eigenvalue weighted by Crippen LogP contribution is 2.29. The maximum atomic E-state index is 12.0. The second-order valence-corrected chi connectivity index (χ2v) is 6.82. The van der Waals surface area contributed by atoms with Gasteiger partial charge in [-0.2, -0.15) is 0 Å². The Bertz CT molecular complexity index is 356. The van der Waals surface area contributed by atoms with E-state index in [2.05, 4.69) is 10.0 Å². The lowest BCUT2D eigenvalue weighted by Gasteiger charge is -2.25. The summed E-state index contributed by atoms with van der Waals surface area (Å²) in [5.41, 5.74) is -0.554. The molecule has 1 aliphatic rings. The fourth-order valence-electron chi connectivity index (χ4n) is 1.76. The second-order valence-electron chi connectivity index (χ2n) is 4.59. The third-order valence-corrected chi connectivity index (χ3v) is 4.97. The van der Waals surface area contributed by atoms with Gasteiger partial charge in [-0.25, -0.2) is 8.42 Å². The highest BCUT2D eigenvalue weighted by Gasteiger charge is 2.41. The molecule has 2 N–H and O–H groups in total. The third kappa shape index (κ3) is 2.55. The molecular weight excluding hydrogens is 228 g/mol. The van der Waals surface area contributed by atoms with E-state index in [0.717, 1.165) is 6.54 Å². The van der Waals surface area contributed by atoms with Crippen LogP contribution in [0.4, 0.5) is 0 Å². The zero-order valence-corrected chi connectivity index (χ0v) is 10.9. The maximum absolute atomic E-state index is 12.0. The van der Waals surface area contributed by atoms with Crippen molar-refractivity contribution in [3.8, 4) is 0 Å². The Balaban J connectivity index is 2.79. The fraction of sp³-hybridized carbons (Fsp3) is 0.900. The van der Waals surface area contributed by atoms with Gasteiger partial charge in [0.15, 0.2) is 0 Å². The van der Waals surface area contributed by atoms with Gasteiger partial charge in [-0.1, -0.05) is 6.92 Å². The van der Waals surface area contributed by atoms with Crippen LogP contribution in [0.25, 0.3) is 0 Å². The van der Waals surface area contributed by atoms with Crippen LogP contribution in [-0.4, -0.2) is 32.7 Å². The summed E-state index contributed by atoms with van der Waals surface area (Å²) in [6.07, 6.45) is 1.35. The summed E-state index contributed by atoms with van der Waals surface area (Å²) >= 11 is 0. The van der Waals surface area contributed by atoms with Crippen molar-refractivity contribution in [2.75, 3.05) is 13.1 Å². The monoisotopic (exact) mass is 248 g/mol. The number of hydrogen-bond donors (Lipinski definition) is 2. The number of amides is 1. The molecule has 1 atom stereocenters. The molecule has 1 heterocycles. The molecule has 1 fully saturated rings. The van der Waals surface area contributed by atoms with Gasteiger partial charge in [-0.15, -0.1) is 0 Å². The third-order valence-electron chi connectivity index (χ3n) is 3.26. The molecule has 0 bridgehead atoms. The Morgan fingerprint density at radius 2 is 2.12 bits per heavy atom. The summed E-state index contributed by atoms with van der Waals surface area (Å²) in [6, 6.07) is 0. The summed E-state index contributed by atoms with van der Waals surface area (Å²) in [6.45, 7) is 6.35. The molecule has 0 radical (unpaired) electrons. The zero-order chi connectivity index (χ0) is 12.4. The molecule has 0 aliphatic carbocycles. The normalized spacial score (nSPS) is 26.0. The summed E-state index contributed by atoms with van der Waals surface area (Å²) in [5.74, 6) is -0.367. The minimum Gasteiger partial charge on any atom is -0.316 e. The van der Waals surface area contributed by atoms with E-state index < -0.39 is 20.7 Å². The second kappa shape index (κ2) is 4.71. The van der Waals surface area contributed by atoms with Crippen molar-refractivity contribution in [2.45, 2.75) is 38.9 Å². The van der Waals surface area contributed by atoms with Crippen molar-refractivity contribution >= 4 is 15.9 Å². The number of sulfonamides is 1. The van der Waals surface area contributed by atoms with Crippen molar-refractivity contribution in [1.82, 2.24) is 10.0 Å². The molecule has 1 aliphatic heterocycles. The van der Waals surface area contributed by atoms with Crippen molar-refractivity contribution in [3.05, 3.63) is 0 Å². The van der Waals surface area contributed by atoms with Crippen molar-refractivity contribution in [2.24, 2.45) is 5.41 Å². The molecule has 0 saturated carbocycles. The highest BCUT2D eigenvalue weighted by molar-refractivity contribution is 7.90. The minimum atomic E-state index is -3.51. The van der Waals surface area contributed by atoms with Crippen LogP contribution in [0.1, 0.15) is 33.6 Å². The van der Waals surface area contributed by atoms with Gasteiger partial charge >= 0.3 is 0 Å². The van der Waals surface area contributed by atoms with Crippen LogP contribution in [0.3, 0.4) is 0 Å². The average molecular weight is 248 g/mol. The van der Waals surface area contributed by atoms with Gasteiger partial charge in [0.25, 0.3) is 0 Å². The molecule has 1 amide bonds. The van der Waals surface area contributed by atoms with Crippen LogP contribution in [0.2, 0.25) is 0 Å². The van der Waals surface area contributed by atoms with Gasteiger partial charge < -0.3 is 5.32 Å². The summed E-state index contributed by atoms with van der Waals surface area (Å²) in [7, 11) is -3.51. The zero-order valence-electron chi connectivity index (χ0n) is 10.0. The molecule has 1 rings (SSSR count). The SMILES string of the molecule is CCC1(C(=O)NS(=O)(=O)C(C)C)CCNC1. The fourth-order valence-corrected chi connectivity index (χ4v) is 2.47. The van der Waals surface area contributed by atoms with Gasteiger partial charge in [-0.05, 0) is 33.2 Å². The molecule has 1 saturated heterocycles. The summed E-state index contributed by atoms with van der Waals surface area (Å²) in [5, 5.41) is 2.52. The Labute approximate surface area is 97.0 Å². The predicted octanol–water partition coefficient (Wildman–Crippen LogP) is 0.231. The first-order valence-electron chi connectivity index (χ1n) is 5.61. The summed E-state index contributed by atoms with van der Waals surface area (Å²) < 4.78 is 25.4. The van der Waals surface area contributed by atoms with E-state index in [0.29, 0.717) is 19.4 Å². The van der Waals surface area contributed by atoms with Gasteiger partial charge in [0.05, 0.1) is 10.7 Å². The van der Waals surface area contributed by atoms with E-state index in [1.807, 2.05) is 6.92 Å². The van der Waals surface area contributed by atoms with E-state index in [4.69, 9.17) is 0 Å². The quantitative estimate of drug-likeness (QED) is 0.747. The molecule has 5 nitrogen and oxygen atoms in total. The molecule has 0 aromatic rings. The maximum Gasteiger partial charge on any atom is 0.240 e. The number of rotatable bonds is 4. The lowest BCUT2D eigenvalue weighted by Crippen LogP contribution is -2.46. The van der Waals surface area contributed by atoms with Gasteiger partial charge in [-0.3, -0.25) is 9.52 Å². The van der Waals surface area contributed by atoms with Crippen LogP contribution >= 0.6 is 0 Å². The molecule has 0 aromatic heterocycles. The van der Waals surface area contributed by atoms with E-state index in [1.54, 1.807) is 13.8 Å². The molecule has 1 unspecified atom stereocenters. The first-order valence-corrected chi connectivity index (χ1v) is 7.15. The Morgan fingerprint density at radius 3 is 2.50 bits per heavy atom. The first kappa shape index (κ1) is 13.4. The topological polar surface area (TPSA) is 75.3 Å². The van der Waals surface area contributed by atoms with Crippen LogP contribution < -0.4 is 10.0 Å². The van der Waals surface area contributed by atoms with E-state index in [-0.39, 0.29) is 5.91 Å². The van der Waals surface area contributed by atoms with E-state index in [9.17, 15) is 13.2 Å². The number of hydrogen-bond acceptors (Lipinski definition) is 4. The van der Waals surface area contributed by atoms with Crippen LogP contribution in [0.5, 0.6) is 0 Å². The molecule has 0 spiro atoms. The van der Waals surface area contributed by atoms with Gasteiger partial charge in [0.2, 0.25) is 15.9 Å². The van der Waals surface area contributed by atoms with Gasteiger partial charge in [0, 0.05) is 6.54 Å². The molecule has 0 aromatic carbocycles. The molecular formula is C10H20N2O3S. The van der Waals surface area contributed by atoms with Gasteiger partial charge in [0.1, 0.15) is 0 Å². The van der Waals surface area contributed by atoms with Crippen LogP contribution in [0.15, 0.2) is 0 Å². The lowest BCUT2D eigenvalue weighted by atomic mass is 9.84. The molecule has 6 heteroatoms. The number of carbonyl (C=O) groups excluding carboxylic acids is 1. The smallest absolute Gasteiger partial charge is 0.240 e. The predicted molar refractivity (Wildman–Crippen MR) is 62.4 cm³/mol. The van der Waals surface area contributed by atoms with Crippen molar-refractivity contribution in [3.63, 3.8) is 0 Å². The first-order chi connectivity index (χ1) is 7.34. The van der Waals surface area contributed by atoms with Crippen molar-refractivity contribution in [1.29, 1.82) is 0 Å². The molecule has 94 valence electrons. The lowest BCUT2D eigenvalue weighted by molar-refractivity contribution is -0.128. The minimum absolute atomic E-state index is 0.367. The average Bonchev–Trinajstić information content (AvgIpc) is 2.66. The van der Waals surface area contributed by atoms with E-state index in [1.165, 1.54) is 0 Å². The van der Waals surface area contributed by atoms with Crippen LogP contribution in [-0.2, 0) is 14.8 Å². The number of carbonyl (C=O) groups is 1. The highest BCUT2D eigenvalue weighted by atomic mass is 32.2. The number of nitrogens with one attached hydrogen (secondary N) is 2. The summed E-state index contributed by atoms with van der Waals surface area (Å²) in [4.78, 5) is 12.0. The Kier molecular flexibility index (Phi) is 3.96. The largest absolute Gasteiger partial charge is 0.316 e. The standard InChI is InChI=1S/C10H20N2O3S/c1-4-10(5-6-11-7-10)9(13)12-16(14,15)8(2)3/h8,11H,4-7H2,1-3H3,(H,12,13). The Hall–Kier alpha value is -0.620. The van der Waals surface area contributed by atoms with Crippen LogP contribution in [0, 0.1) is 5.41 Å². The van der Waals surface area contributed by atoms with Crippen molar-refractivity contribution < 1.29 is 13.2 Å². The Morgan fingerprint density at radius 1 is 1.50 bits per heavy atom. The molecule has 16 heavy (non-hydrogen) atoms. The van der Waals surface area contributed by atoms with E-state index >= 15 is 0 Å².